The second-order valence-corrected chi connectivity index (χ2v) is 4.91. The number of pyridine rings is 1. The number of benzene rings is 1. The number of aromatic nitrogens is 1. The first-order valence-electron chi connectivity index (χ1n) is 6.62. The molecule has 2 aromatic rings. The molecule has 1 amide bonds. The molecular formula is C15H16N4O3. The zero-order valence-electron chi connectivity index (χ0n) is 12.3. The average Bonchev–Trinajstić information content (AvgIpc) is 2.53. The van der Waals surface area contributed by atoms with Crippen molar-refractivity contribution in [2.75, 3.05) is 19.4 Å². The summed E-state index contributed by atoms with van der Waals surface area (Å²) < 4.78 is 0. The quantitative estimate of drug-likeness (QED) is 0.676. The van der Waals surface area contributed by atoms with Gasteiger partial charge in [0.15, 0.2) is 0 Å². The number of hydrogen-bond acceptors (Lipinski definition) is 5. The summed E-state index contributed by atoms with van der Waals surface area (Å²) in [5, 5.41) is 13.6. The zero-order valence-corrected chi connectivity index (χ0v) is 12.3. The Hall–Kier alpha value is -2.96. The Kier molecular flexibility index (Phi) is 4.67. The molecule has 0 spiro atoms. The second-order valence-electron chi connectivity index (χ2n) is 4.91. The van der Waals surface area contributed by atoms with Crippen LogP contribution in [0.2, 0.25) is 0 Å². The van der Waals surface area contributed by atoms with Gasteiger partial charge in [0.2, 0.25) is 0 Å². The van der Waals surface area contributed by atoms with E-state index in [1.54, 1.807) is 32.3 Å². The van der Waals surface area contributed by atoms with Crippen LogP contribution in [0.3, 0.4) is 0 Å². The highest BCUT2D eigenvalue weighted by Gasteiger charge is 2.07. The molecule has 0 aliphatic rings. The van der Waals surface area contributed by atoms with E-state index in [-0.39, 0.29) is 11.6 Å². The molecule has 0 fully saturated rings. The minimum Gasteiger partial charge on any atom is -0.366 e. The molecule has 0 saturated carbocycles. The van der Waals surface area contributed by atoms with E-state index in [9.17, 15) is 14.9 Å². The Morgan fingerprint density at radius 3 is 2.41 bits per heavy atom. The minimum atomic E-state index is -0.489. The maximum atomic E-state index is 11.8. The fraction of sp³-hybridized carbons (Fsp3) is 0.200. The van der Waals surface area contributed by atoms with E-state index >= 15 is 0 Å². The third-order valence-corrected chi connectivity index (χ3v) is 3.04. The smallest absolute Gasteiger partial charge is 0.287 e. The molecular weight excluding hydrogens is 284 g/mol. The van der Waals surface area contributed by atoms with E-state index in [1.807, 2.05) is 12.1 Å². The predicted molar refractivity (Wildman–Crippen MR) is 82.7 cm³/mol. The van der Waals surface area contributed by atoms with Crippen LogP contribution in [0.1, 0.15) is 15.9 Å². The molecule has 7 nitrogen and oxygen atoms in total. The van der Waals surface area contributed by atoms with Crippen LogP contribution in [0.15, 0.2) is 42.6 Å². The van der Waals surface area contributed by atoms with Gasteiger partial charge in [-0.1, -0.05) is 12.1 Å². The molecule has 0 bridgehead atoms. The van der Waals surface area contributed by atoms with E-state index in [0.717, 1.165) is 5.56 Å². The highest BCUT2D eigenvalue weighted by Crippen LogP contribution is 2.13. The number of carbonyl (C=O) groups excluding carboxylic acids is 1. The maximum absolute atomic E-state index is 11.8. The van der Waals surface area contributed by atoms with Crippen LogP contribution in [-0.2, 0) is 6.54 Å². The molecule has 1 aromatic heterocycles. The van der Waals surface area contributed by atoms with Crippen LogP contribution in [0.25, 0.3) is 0 Å². The van der Waals surface area contributed by atoms with Crippen molar-refractivity contribution in [1.29, 1.82) is 0 Å². The first kappa shape index (κ1) is 15.4. The molecule has 0 atom stereocenters. The molecule has 1 N–H and O–H groups in total. The fourth-order valence-electron chi connectivity index (χ4n) is 1.81. The summed E-state index contributed by atoms with van der Waals surface area (Å²) in [7, 11) is 3.41. The lowest BCUT2D eigenvalue weighted by Crippen LogP contribution is -2.21. The maximum Gasteiger partial charge on any atom is 0.287 e. The van der Waals surface area contributed by atoms with Gasteiger partial charge < -0.3 is 10.2 Å². The van der Waals surface area contributed by atoms with Gasteiger partial charge in [0.05, 0.1) is 4.92 Å². The number of nitro groups is 1. The Labute approximate surface area is 127 Å². The van der Waals surface area contributed by atoms with Gasteiger partial charge in [-0.15, -0.1) is 0 Å². The van der Waals surface area contributed by atoms with Crippen LogP contribution in [0, 0.1) is 10.1 Å². The second kappa shape index (κ2) is 6.66. The Balaban J connectivity index is 1.97. The van der Waals surface area contributed by atoms with Gasteiger partial charge in [-0.3, -0.25) is 14.9 Å². The number of hydrogen-bond donors (Lipinski definition) is 1. The molecule has 0 unspecified atom stereocenters. The number of amides is 1. The standard InChI is InChI=1S/C15H16N4O3/c1-18(2)15(20)12-5-3-11(4-6-12)9-16-14-8-7-13(10-17-14)19(21)22/h3-8,10H,9H2,1-2H3,(H,16,17). The summed E-state index contributed by atoms with van der Waals surface area (Å²) in [6.07, 6.45) is 1.21. The van der Waals surface area contributed by atoms with Gasteiger partial charge in [0.1, 0.15) is 12.0 Å². The van der Waals surface area contributed by atoms with E-state index in [1.165, 1.54) is 17.2 Å². The van der Waals surface area contributed by atoms with E-state index in [0.29, 0.717) is 17.9 Å². The summed E-state index contributed by atoms with van der Waals surface area (Å²) >= 11 is 0. The van der Waals surface area contributed by atoms with Gasteiger partial charge in [0, 0.05) is 32.3 Å². The summed E-state index contributed by atoms with van der Waals surface area (Å²) in [5.74, 6) is 0.510. The van der Waals surface area contributed by atoms with Crippen LogP contribution in [0.4, 0.5) is 11.5 Å². The number of carbonyl (C=O) groups is 1. The van der Waals surface area contributed by atoms with Crippen molar-refractivity contribution in [3.63, 3.8) is 0 Å². The number of nitrogens with one attached hydrogen (secondary N) is 1. The number of anilines is 1. The topological polar surface area (TPSA) is 88.4 Å². The Morgan fingerprint density at radius 1 is 1.23 bits per heavy atom. The molecule has 0 aliphatic heterocycles. The van der Waals surface area contributed by atoms with E-state index < -0.39 is 4.92 Å². The molecule has 7 heteroatoms. The van der Waals surface area contributed by atoms with Crippen molar-refractivity contribution in [2.45, 2.75) is 6.54 Å². The van der Waals surface area contributed by atoms with Crippen LogP contribution in [-0.4, -0.2) is 34.8 Å². The normalized spacial score (nSPS) is 10.1. The SMILES string of the molecule is CN(C)C(=O)c1ccc(CNc2ccc([N+](=O)[O-])cn2)cc1. The van der Waals surface area contributed by atoms with Gasteiger partial charge in [-0.2, -0.15) is 0 Å². The van der Waals surface area contributed by atoms with Crippen LogP contribution < -0.4 is 5.32 Å². The van der Waals surface area contributed by atoms with Crippen molar-refractivity contribution in [1.82, 2.24) is 9.88 Å². The van der Waals surface area contributed by atoms with Crippen molar-refractivity contribution in [3.8, 4) is 0 Å². The first-order chi connectivity index (χ1) is 10.5. The van der Waals surface area contributed by atoms with Crippen LogP contribution >= 0.6 is 0 Å². The molecule has 0 radical (unpaired) electrons. The molecule has 1 heterocycles. The molecule has 0 saturated heterocycles. The van der Waals surface area contributed by atoms with Gasteiger partial charge in [0.25, 0.3) is 11.6 Å². The van der Waals surface area contributed by atoms with Crippen LogP contribution in [0.5, 0.6) is 0 Å². The largest absolute Gasteiger partial charge is 0.366 e. The van der Waals surface area contributed by atoms with Crippen molar-refractivity contribution >= 4 is 17.4 Å². The molecule has 0 aliphatic carbocycles. The van der Waals surface area contributed by atoms with E-state index in [2.05, 4.69) is 10.3 Å². The average molecular weight is 300 g/mol. The van der Waals surface area contributed by atoms with Crippen molar-refractivity contribution < 1.29 is 9.72 Å². The predicted octanol–water partition coefficient (Wildman–Crippen LogP) is 2.30. The van der Waals surface area contributed by atoms with Crippen molar-refractivity contribution in [2.24, 2.45) is 0 Å². The third kappa shape index (κ3) is 3.78. The monoisotopic (exact) mass is 300 g/mol. The fourth-order valence-corrected chi connectivity index (χ4v) is 1.81. The van der Waals surface area contributed by atoms with Gasteiger partial charge >= 0.3 is 0 Å². The summed E-state index contributed by atoms with van der Waals surface area (Å²) in [4.78, 5) is 27.3. The highest BCUT2D eigenvalue weighted by molar-refractivity contribution is 5.93. The molecule has 1 aromatic carbocycles. The lowest BCUT2D eigenvalue weighted by atomic mass is 10.1. The zero-order chi connectivity index (χ0) is 16.1. The number of rotatable bonds is 5. The summed E-state index contributed by atoms with van der Waals surface area (Å²) in [6.45, 7) is 0.515. The van der Waals surface area contributed by atoms with Crippen molar-refractivity contribution in [3.05, 3.63) is 63.8 Å². The van der Waals surface area contributed by atoms with Gasteiger partial charge in [-0.05, 0) is 23.8 Å². The first-order valence-corrected chi connectivity index (χ1v) is 6.62. The summed E-state index contributed by atoms with van der Waals surface area (Å²) in [6, 6.07) is 10.2. The Bertz CT molecular complexity index is 666. The Morgan fingerprint density at radius 2 is 1.91 bits per heavy atom. The summed E-state index contributed by atoms with van der Waals surface area (Å²) in [5.41, 5.74) is 1.56. The molecule has 114 valence electrons. The molecule has 22 heavy (non-hydrogen) atoms. The minimum absolute atomic E-state index is 0.0444. The lowest BCUT2D eigenvalue weighted by molar-refractivity contribution is -0.385. The van der Waals surface area contributed by atoms with E-state index in [4.69, 9.17) is 0 Å². The third-order valence-electron chi connectivity index (χ3n) is 3.04. The molecule has 2 rings (SSSR count). The highest BCUT2D eigenvalue weighted by atomic mass is 16.6. The number of nitrogens with zero attached hydrogens (tertiary/aromatic N) is 3. The lowest BCUT2D eigenvalue weighted by Gasteiger charge is -2.11. The van der Waals surface area contributed by atoms with Gasteiger partial charge in [-0.25, -0.2) is 4.98 Å².